The summed E-state index contributed by atoms with van der Waals surface area (Å²) < 4.78 is 1.47. The minimum absolute atomic E-state index is 0.0448. The molecule has 0 aliphatic heterocycles. The number of rotatable bonds is 5. The van der Waals surface area contributed by atoms with E-state index in [1.165, 1.54) is 10.8 Å². The van der Waals surface area contributed by atoms with Crippen LogP contribution in [0.4, 0.5) is 0 Å². The maximum absolute atomic E-state index is 10.6. The summed E-state index contributed by atoms with van der Waals surface area (Å²) in [6.45, 7) is 0.157. The van der Waals surface area contributed by atoms with Crippen molar-refractivity contribution in [2.24, 2.45) is 0 Å². The summed E-state index contributed by atoms with van der Waals surface area (Å²) in [5, 5.41) is 32.6. The van der Waals surface area contributed by atoms with Crippen molar-refractivity contribution in [3.05, 3.63) is 47.7 Å². The highest BCUT2D eigenvalue weighted by Crippen LogP contribution is 2.24. The number of carbonyl (C=O) groups is 1. The number of benzene rings is 1. The normalized spacial score (nSPS) is 9.55. The van der Waals surface area contributed by atoms with Gasteiger partial charge in [-0.15, -0.1) is 0 Å². The van der Waals surface area contributed by atoms with E-state index in [-0.39, 0.29) is 18.5 Å². The summed E-state index contributed by atoms with van der Waals surface area (Å²) in [7, 11) is 0. The number of carbonyl (C=O) groups excluding carboxylic acids is 1. The Balaban J connectivity index is 2.46. The van der Waals surface area contributed by atoms with Gasteiger partial charge in [-0.1, -0.05) is 30.3 Å². The van der Waals surface area contributed by atoms with Crippen LogP contribution in [0.1, 0.15) is 12.0 Å². The van der Waals surface area contributed by atoms with Crippen molar-refractivity contribution in [2.75, 3.05) is 0 Å². The zero-order valence-electron chi connectivity index (χ0n) is 11.6. The van der Waals surface area contributed by atoms with Gasteiger partial charge in [-0.2, -0.15) is 15.6 Å². The zero-order chi connectivity index (χ0) is 15.9. The van der Waals surface area contributed by atoms with Gasteiger partial charge < -0.3 is 9.90 Å². The Morgan fingerprint density at radius 1 is 1.27 bits per heavy atom. The molecule has 0 fully saturated rings. The highest BCUT2D eigenvalue weighted by molar-refractivity contribution is 5.75. The lowest BCUT2D eigenvalue weighted by Gasteiger charge is -2.01. The quantitative estimate of drug-likeness (QED) is 0.767. The molecule has 0 N–H and O–H groups in total. The van der Waals surface area contributed by atoms with Crippen LogP contribution in [-0.4, -0.2) is 15.7 Å². The Labute approximate surface area is 127 Å². The highest BCUT2D eigenvalue weighted by Gasteiger charge is 2.10. The van der Waals surface area contributed by atoms with Crippen LogP contribution in [0.5, 0.6) is 0 Å². The molecule has 1 aromatic carbocycles. The van der Waals surface area contributed by atoms with E-state index in [0.29, 0.717) is 11.3 Å². The van der Waals surface area contributed by atoms with Crippen LogP contribution in [-0.2, 0) is 11.3 Å². The van der Waals surface area contributed by atoms with Crippen LogP contribution in [0.2, 0.25) is 0 Å². The lowest BCUT2D eigenvalue weighted by Crippen LogP contribution is -2.23. The SMILES string of the molecule is N#CC(C#N)=Cc1cn(CCC(=O)[O-])nc1-c1ccccc1. The first kappa shape index (κ1) is 15.0. The molecular weight excluding hydrogens is 280 g/mol. The summed E-state index contributed by atoms with van der Waals surface area (Å²) in [6.07, 6.45) is 2.88. The molecular formula is C16H11N4O2-. The van der Waals surface area contributed by atoms with Gasteiger partial charge in [0.05, 0.1) is 5.69 Å². The summed E-state index contributed by atoms with van der Waals surface area (Å²) in [6, 6.07) is 12.8. The molecule has 1 heterocycles. The summed E-state index contributed by atoms with van der Waals surface area (Å²) in [5.74, 6) is -1.16. The van der Waals surface area contributed by atoms with Crippen molar-refractivity contribution >= 4 is 12.0 Å². The van der Waals surface area contributed by atoms with Gasteiger partial charge in [0.15, 0.2) is 0 Å². The van der Waals surface area contributed by atoms with Crippen molar-refractivity contribution < 1.29 is 9.90 Å². The van der Waals surface area contributed by atoms with E-state index in [1.54, 1.807) is 18.3 Å². The van der Waals surface area contributed by atoms with Crippen LogP contribution >= 0.6 is 0 Å². The number of aryl methyl sites for hydroxylation is 1. The van der Waals surface area contributed by atoms with E-state index >= 15 is 0 Å². The van der Waals surface area contributed by atoms with Gasteiger partial charge in [-0.05, 0) is 6.08 Å². The van der Waals surface area contributed by atoms with Crippen LogP contribution in [0.25, 0.3) is 17.3 Å². The molecule has 1 aromatic heterocycles. The zero-order valence-corrected chi connectivity index (χ0v) is 11.6. The fourth-order valence-electron chi connectivity index (χ4n) is 1.93. The third-order valence-corrected chi connectivity index (χ3v) is 2.92. The molecule has 6 nitrogen and oxygen atoms in total. The smallest absolute Gasteiger partial charge is 0.130 e. The molecule has 0 radical (unpaired) electrons. The van der Waals surface area contributed by atoms with E-state index in [4.69, 9.17) is 10.5 Å². The highest BCUT2D eigenvalue weighted by atomic mass is 16.4. The number of nitriles is 2. The van der Waals surface area contributed by atoms with Crippen molar-refractivity contribution in [3.63, 3.8) is 0 Å². The van der Waals surface area contributed by atoms with Gasteiger partial charge in [0.25, 0.3) is 0 Å². The number of carboxylic acids is 1. The number of carboxylic acid groups (broad SMARTS) is 1. The molecule has 2 rings (SSSR count). The largest absolute Gasteiger partial charge is 0.550 e. The molecule has 0 aliphatic carbocycles. The average molecular weight is 291 g/mol. The van der Waals surface area contributed by atoms with E-state index in [2.05, 4.69) is 5.10 Å². The minimum atomic E-state index is -1.16. The molecule has 22 heavy (non-hydrogen) atoms. The summed E-state index contributed by atoms with van der Waals surface area (Å²) in [5.41, 5.74) is 1.94. The average Bonchev–Trinajstić information content (AvgIpc) is 2.94. The minimum Gasteiger partial charge on any atom is -0.550 e. The van der Waals surface area contributed by atoms with Crippen LogP contribution < -0.4 is 5.11 Å². The first-order valence-electron chi connectivity index (χ1n) is 6.48. The lowest BCUT2D eigenvalue weighted by molar-refractivity contribution is -0.306. The Kier molecular flexibility index (Phi) is 4.69. The van der Waals surface area contributed by atoms with E-state index in [9.17, 15) is 9.90 Å². The molecule has 0 bridgehead atoms. The fraction of sp³-hybridized carbons (Fsp3) is 0.125. The number of aliphatic carboxylic acids is 1. The number of hydrogen-bond donors (Lipinski definition) is 0. The molecule has 0 unspecified atom stereocenters. The topological polar surface area (TPSA) is 106 Å². The molecule has 2 aromatic rings. The number of hydrogen-bond acceptors (Lipinski definition) is 5. The summed E-state index contributed by atoms with van der Waals surface area (Å²) >= 11 is 0. The fourth-order valence-corrected chi connectivity index (χ4v) is 1.93. The third-order valence-electron chi connectivity index (χ3n) is 2.92. The number of nitrogens with zero attached hydrogens (tertiary/aromatic N) is 4. The van der Waals surface area contributed by atoms with Crippen molar-refractivity contribution in [3.8, 4) is 23.4 Å². The first-order chi connectivity index (χ1) is 10.6. The molecule has 0 aliphatic rings. The monoisotopic (exact) mass is 291 g/mol. The molecule has 0 atom stereocenters. The van der Waals surface area contributed by atoms with Crippen molar-refractivity contribution in [1.29, 1.82) is 10.5 Å². The second kappa shape index (κ2) is 6.87. The van der Waals surface area contributed by atoms with Crippen LogP contribution in [0.15, 0.2) is 42.1 Å². The predicted molar refractivity (Wildman–Crippen MR) is 76.5 cm³/mol. The van der Waals surface area contributed by atoms with Gasteiger partial charge in [0.2, 0.25) is 0 Å². The maximum Gasteiger partial charge on any atom is 0.130 e. The second-order valence-corrected chi connectivity index (χ2v) is 4.47. The van der Waals surface area contributed by atoms with Gasteiger partial charge >= 0.3 is 0 Å². The second-order valence-electron chi connectivity index (χ2n) is 4.47. The molecule has 0 amide bonds. The standard InChI is InChI=1S/C16H12N4O2/c17-9-12(10-18)8-14-11-20(7-6-15(21)22)19-16(14)13-4-2-1-3-5-13/h1-5,8,11H,6-7H2,(H,21,22)/p-1. The third kappa shape index (κ3) is 3.59. The van der Waals surface area contributed by atoms with E-state index < -0.39 is 5.97 Å². The van der Waals surface area contributed by atoms with Gasteiger partial charge in [-0.25, -0.2) is 0 Å². The lowest BCUT2D eigenvalue weighted by atomic mass is 10.1. The van der Waals surface area contributed by atoms with Crippen LogP contribution in [0, 0.1) is 22.7 Å². The van der Waals surface area contributed by atoms with Crippen molar-refractivity contribution in [1.82, 2.24) is 9.78 Å². The molecule has 0 saturated carbocycles. The van der Waals surface area contributed by atoms with Gasteiger partial charge in [-0.3, -0.25) is 4.68 Å². The first-order valence-corrected chi connectivity index (χ1v) is 6.48. The number of aromatic nitrogens is 2. The molecule has 0 saturated heterocycles. The molecule has 0 spiro atoms. The van der Waals surface area contributed by atoms with E-state index in [1.807, 2.05) is 30.3 Å². The Bertz CT molecular complexity index is 776. The van der Waals surface area contributed by atoms with E-state index in [0.717, 1.165) is 5.56 Å². The maximum atomic E-state index is 10.6. The van der Waals surface area contributed by atoms with Crippen LogP contribution in [0.3, 0.4) is 0 Å². The van der Waals surface area contributed by atoms with Gasteiger partial charge in [0, 0.05) is 36.3 Å². The predicted octanol–water partition coefficient (Wildman–Crippen LogP) is 1.12. The van der Waals surface area contributed by atoms with Gasteiger partial charge in [0.1, 0.15) is 17.7 Å². The Morgan fingerprint density at radius 2 is 1.95 bits per heavy atom. The Morgan fingerprint density at radius 3 is 2.55 bits per heavy atom. The van der Waals surface area contributed by atoms with Crippen molar-refractivity contribution in [2.45, 2.75) is 13.0 Å². The summed E-state index contributed by atoms with van der Waals surface area (Å²) in [4.78, 5) is 10.6. The molecule has 6 heteroatoms. The number of allylic oxidation sites excluding steroid dienone is 1. The molecule has 108 valence electrons. The Hall–Kier alpha value is -3.38.